The van der Waals surface area contributed by atoms with Crippen molar-refractivity contribution in [3.05, 3.63) is 221 Å². The molecule has 3 aliphatic carbocycles. The van der Waals surface area contributed by atoms with Crippen molar-refractivity contribution < 1.29 is 24.4 Å². The number of allylic oxidation sites excluding steroid dienone is 1. The van der Waals surface area contributed by atoms with Gasteiger partial charge in [-0.3, -0.25) is 44.9 Å². The fourth-order valence-electron chi connectivity index (χ4n) is 8.40. The van der Waals surface area contributed by atoms with E-state index >= 15 is 0 Å². The van der Waals surface area contributed by atoms with Gasteiger partial charge in [0.05, 0.1) is 32.8 Å². The molecule has 79 heavy (non-hydrogen) atoms. The highest BCUT2D eigenvalue weighted by Gasteiger charge is 2.40. The number of nitrogens with zero attached hydrogens (tertiary/aromatic N) is 7. The van der Waals surface area contributed by atoms with Gasteiger partial charge in [-0.2, -0.15) is 0 Å². The molecule has 3 aliphatic rings. The molecule has 3 aromatic heterocycles. The van der Waals surface area contributed by atoms with Crippen molar-refractivity contribution in [2.75, 3.05) is 11.1 Å². The minimum atomic E-state index is -0.521. The Bertz CT molecular complexity index is 3430. The summed E-state index contributed by atoms with van der Waals surface area (Å²) in [5.74, 6) is -0.0659. The number of nitrogens with two attached hydrogens (primary N) is 1. The first-order valence-corrected chi connectivity index (χ1v) is 26.7. The van der Waals surface area contributed by atoms with Gasteiger partial charge in [0.15, 0.2) is 16.7 Å². The summed E-state index contributed by atoms with van der Waals surface area (Å²) in [5.41, 5.74) is 17.0. The van der Waals surface area contributed by atoms with Crippen molar-refractivity contribution >= 4 is 73.1 Å². The van der Waals surface area contributed by atoms with Crippen molar-refractivity contribution in [3.63, 3.8) is 0 Å². The Labute approximate surface area is 463 Å². The monoisotopic (exact) mass is 1080 g/mol. The third kappa shape index (κ3) is 15.7. The Balaban J connectivity index is 0.000000157. The third-order valence-electron chi connectivity index (χ3n) is 14.6. The van der Waals surface area contributed by atoms with Crippen LogP contribution in [0.4, 0.5) is 33.6 Å². The smallest absolute Gasteiger partial charge is 0.270 e. The normalized spacial score (nSPS) is 14.8. The summed E-state index contributed by atoms with van der Waals surface area (Å²) < 4.78 is 1.90. The van der Waals surface area contributed by atoms with Crippen molar-refractivity contribution in [3.8, 4) is 0 Å². The Morgan fingerprint density at radius 1 is 0.671 bits per heavy atom. The van der Waals surface area contributed by atoms with E-state index < -0.39 is 9.85 Å². The molecule has 5 aromatic carbocycles. The maximum Gasteiger partial charge on any atom is 0.270 e. The number of nitrogen functional groups attached to an aromatic ring is 1. The number of non-ortho nitro benzene ring substituents is 3. The zero-order chi connectivity index (χ0) is 57.2. The van der Waals surface area contributed by atoms with Crippen LogP contribution < -0.4 is 11.1 Å². The lowest BCUT2D eigenvalue weighted by molar-refractivity contribution is -0.385. The molecule has 1 atom stereocenters. The second kappa shape index (κ2) is 24.7. The number of nitro benzene ring substituents is 3. The minimum absolute atomic E-state index is 0.0314. The Morgan fingerprint density at radius 2 is 1.16 bits per heavy atom. The topological polar surface area (TPSA) is 245 Å². The summed E-state index contributed by atoms with van der Waals surface area (Å²) in [5, 5.41) is 35.4. The summed E-state index contributed by atoms with van der Waals surface area (Å²) in [6.07, 6.45) is 13.1. The van der Waals surface area contributed by atoms with E-state index in [9.17, 15) is 39.9 Å². The van der Waals surface area contributed by atoms with Crippen LogP contribution in [-0.4, -0.2) is 45.9 Å². The maximum absolute atomic E-state index is 12.8. The van der Waals surface area contributed by atoms with E-state index in [0.717, 1.165) is 62.0 Å². The molecule has 0 spiro atoms. The number of imidazole rings is 1. The molecule has 18 heteroatoms. The van der Waals surface area contributed by atoms with Crippen molar-refractivity contribution in [1.82, 2.24) is 19.5 Å². The molecule has 0 radical (unpaired) electrons. The summed E-state index contributed by atoms with van der Waals surface area (Å²) in [4.78, 5) is 67.7. The first-order chi connectivity index (χ1) is 37.5. The lowest BCUT2D eigenvalue weighted by Gasteiger charge is -2.11. The SMILES string of the molecule is C=C(C)c1cccc([N+](=O)[O-])c1.CC(=O)c1cccc([N+](=O)[O-])c1.CC(CC(=O)c1cc2c(cn1)ncn2C)c1cnc(Nc2cccc(C3(C)CC3)c2)s1.CC1(c2cccc(N)c2)CC1.CC1(c2cccc([N+](=O)[O-])c2)CC1. The van der Waals surface area contributed by atoms with E-state index in [0.29, 0.717) is 28.5 Å². The van der Waals surface area contributed by atoms with Gasteiger partial charge in [-0.25, -0.2) is 9.97 Å². The molecule has 3 fully saturated rings. The molecule has 0 aliphatic heterocycles. The molecule has 408 valence electrons. The quantitative estimate of drug-likeness (QED) is 0.0446. The van der Waals surface area contributed by atoms with E-state index in [4.69, 9.17) is 5.73 Å². The molecule has 8 aromatic rings. The van der Waals surface area contributed by atoms with E-state index in [2.05, 4.69) is 90.9 Å². The number of nitrogens with one attached hydrogen (secondary N) is 1. The van der Waals surface area contributed by atoms with Gasteiger partial charge in [0.25, 0.3) is 17.1 Å². The first-order valence-electron chi connectivity index (χ1n) is 25.9. The Morgan fingerprint density at radius 3 is 1.70 bits per heavy atom. The molecule has 3 heterocycles. The molecule has 0 saturated heterocycles. The van der Waals surface area contributed by atoms with Gasteiger partial charge in [-0.15, -0.1) is 11.3 Å². The average molecular weight is 1080 g/mol. The van der Waals surface area contributed by atoms with Crippen LogP contribution in [0.2, 0.25) is 0 Å². The number of ketones is 2. The highest BCUT2D eigenvalue weighted by molar-refractivity contribution is 7.15. The van der Waals surface area contributed by atoms with Crippen LogP contribution in [0.5, 0.6) is 0 Å². The molecule has 11 rings (SSSR count). The van der Waals surface area contributed by atoms with E-state index in [1.807, 2.05) is 49.0 Å². The largest absolute Gasteiger partial charge is 0.399 e. The number of aromatic nitrogens is 4. The molecule has 17 nitrogen and oxygen atoms in total. The number of hydrogen-bond acceptors (Lipinski definition) is 14. The van der Waals surface area contributed by atoms with Crippen LogP contribution >= 0.6 is 11.3 Å². The number of aryl methyl sites for hydroxylation is 1. The third-order valence-corrected chi connectivity index (χ3v) is 15.7. The lowest BCUT2D eigenvalue weighted by Crippen LogP contribution is -2.06. The van der Waals surface area contributed by atoms with Gasteiger partial charge in [0, 0.05) is 77.9 Å². The standard InChI is InChI=1S/C24H25N5OS.C10H11NO2.C10H13N.C9H9NO2.C8H7NO3/c1-15(9-21(30)18-11-20-19(12-25-18)27-14-29(20)3)22-13-26-23(31-22)28-17-6-4-5-16(10-17)24(2)7-8-24;1-10(5-6-10)8-3-2-4-9(7-8)11(12)13;1-10(5-6-10)8-3-2-4-9(11)7-8;1-7(2)8-4-3-5-9(6-8)10(11)12;1-6(10)7-3-2-4-8(5-7)9(11)12/h4-6,10-15H,7-9H2,1-3H3,(H,26,28);2-4,7H,5-6H2,1H3;2-4,7H,5-6,11H2,1H3;3-6H,1H2,2H3;2-5H,1H3. The van der Waals surface area contributed by atoms with Crippen molar-refractivity contribution in [1.29, 1.82) is 0 Å². The molecular formula is C61H65N9O8S. The van der Waals surface area contributed by atoms with Gasteiger partial charge in [-0.1, -0.05) is 101 Å². The summed E-state index contributed by atoms with van der Waals surface area (Å²) in [6.45, 7) is 15.7. The number of Topliss-reactive ketones (excluding diaryl/α,β-unsaturated/α-hetero) is 2. The number of nitro groups is 3. The van der Waals surface area contributed by atoms with Gasteiger partial charge in [0.2, 0.25) is 0 Å². The fraction of sp³-hybridized carbons (Fsp3) is 0.295. The molecule has 1 unspecified atom stereocenters. The van der Waals surface area contributed by atoms with Crippen LogP contribution in [-0.2, 0) is 23.3 Å². The predicted molar refractivity (Wildman–Crippen MR) is 312 cm³/mol. The number of carbonyl (C=O) groups excluding carboxylic acids is 2. The van der Waals surface area contributed by atoms with Crippen molar-refractivity contribution in [2.45, 2.75) is 109 Å². The number of anilines is 3. The maximum atomic E-state index is 12.8. The number of pyridine rings is 1. The highest BCUT2D eigenvalue weighted by Crippen LogP contribution is 2.49. The van der Waals surface area contributed by atoms with Crippen LogP contribution in [0.1, 0.15) is 140 Å². The number of hydrogen-bond donors (Lipinski definition) is 2. The highest BCUT2D eigenvalue weighted by atomic mass is 32.1. The zero-order valence-corrected chi connectivity index (χ0v) is 46.3. The number of benzene rings is 5. The van der Waals surface area contributed by atoms with Crippen LogP contribution in [0.3, 0.4) is 0 Å². The molecular weight excluding hydrogens is 1020 g/mol. The number of fused-ring (bicyclic) bond motifs is 1. The Kier molecular flexibility index (Phi) is 18.1. The van der Waals surface area contributed by atoms with E-state index in [1.54, 1.807) is 54.2 Å². The van der Waals surface area contributed by atoms with Gasteiger partial charge >= 0.3 is 0 Å². The number of carbonyl (C=O) groups is 2. The molecule has 0 amide bonds. The Hall–Kier alpha value is -8.77. The fourth-order valence-corrected chi connectivity index (χ4v) is 9.28. The zero-order valence-electron chi connectivity index (χ0n) is 45.5. The molecule has 0 bridgehead atoms. The van der Waals surface area contributed by atoms with E-state index in [-0.39, 0.29) is 44.9 Å². The number of thiazole rings is 1. The lowest BCUT2D eigenvalue weighted by atomic mass is 9.98. The summed E-state index contributed by atoms with van der Waals surface area (Å²) in [7, 11) is 1.92. The summed E-state index contributed by atoms with van der Waals surface area (Å²) >= 11 is 1.60. The average Bonchev–Trinajstić information content (AvgIpc) is 4.46. The summed E-state index contributed by atoms with van der Waals surface area (Å²) in [6, 6.07) is 37.7. The minimum Gasteiger partial charge on any atom is -0.399 e. The second-order valence-corrected chi connectivity index (χ2v) is 22.3. The number of rotatable bonds is 14. The van der Waals surface area contributed by atoms with Crippen LogP contribution in [0.15, 0.2) is 153 Å². The predicted octanol–water partition coefficient (Wildman–Crippen LogP) is 15.0. The van der Waals surface area contributed by atoms with Crippen LogP contribution in [0.25, 0.3) is 16.6 Å². The van der Waals surface area contributed by atoms with Crippen molar-refractivity contribution in [2.24, 2.45) is 7.05 Å². The van der Waals surface area contributed by atoms with Gasteiger partial charge in [0.1, 0.15) is 11.2 Å². The second-order valence-electron chi connectivity index (χ2n) is 21.3. The van der Waals surface area contributed by atoms with Gasteiger partial charge < -0.3 is 15.6 Å². The van der Waals surface area contributed by atoms with Gasteiger partial charge in [-0.05, 0) is 127 Å². The first kappa shape index (κ1) is 57.9. The molecule has 3 saturated carbocycles. The molecule has 3 N–H and O–H groups in total. The van der Waals surface area contributed by atoms with Crippen LogP contribution in [0, 0.1) is 30.3 Å². The van der Waals surface area contributed by atoms with E-state index in [1.165, 1.54) is 80.1 Å².